The summed E-state index contributed by atoms with van der Waals surface area (Å²) in [6, 6.07) is 6.00. The standard InChI is InChI=1S/C23H28O8/c1-12-8-9-17-13(2)20(27-19(26)15-7-5-4-6-14(15)18(24)25)28-21-23(17)16(12)10-11-22(3,29-21)30-31-23/h4-7,12-13,16-17,20-21H,8-11H2,1-3H3,(H,24,25)/t12-,13-,16?,17?,20+,21?,22-,23-/m1/s1. The maximum Gasteiger partial charge on any atom is 0.341 e. The van der Waals surface area contributed by atoms with Crippen molar-refractivity contribution in [1.29, 1.82) is 0 Å². The zero-order valence-corrected chi connectivity index (χ0v) is 17.9. The van der Waals surface area contributed by atoms with Crippen LogP contribution in [0.5, 0.6) is 0 Å². The van der Waals surface area contributed by atoms with Gasteiger partial charge in [-0.25, -0.2) is 19.4 Å². The Morgan fingerprint density at radius 3 is 2.55 bits per heavy atom. The molecule has 3 unspecified atom stereocenters. The lowest BCUT2D eigenvalue weighted by molar-refractivity contribution is -0.576. The number of carbonyl (C=O) groups is 2. The third kappa shape index (κ3) is 3.11. The van der Waals surface area contributed by atoms with Gasteiger partial charge in [-0.15, -0.1) is 0 Å². The van der Waals surface area contributed by atoms with Crippen LogP contribution in [-0.2, 0) is 24.0 Å². The molecule has 168 valence electrons. The highest BCUT2D eigenvalue weighted by atomic mass is 17.3. The topological polar surface area (TPSA) is 101 Å². The van der Waals surface area contributed by atoms with E-state index in [0.29, 0.717) is 12.3 Å². The van der Waals surface area contributed by atoms with Crippen LogP contribution < -0.4 is 0 Å². The van der Waals surface area contributed by atoms with Crippen LogP contribution in [0.1, 0.15) is 67.2 Å². The quantitative estimate of drug-likeness (QED) is 0.569. The molecule has 1 aliphatic carbocycles. The average molecular weight is 432 g/mol. The molecular formula is C23H28O8. The lowest BCUT2D eigenvalue weighted by atomic mass is 9.58. The van der Waals surface area contributed by atoms with Gasteiger partial charge in [0.2, 0.25) is 12.1 Å². The Balaban J connectivity index is 1.45. The first-order chi connectivity index (χ1) is 14.7. The van der Waals surface area contributed by atoms with Crippen LogP contribution in [0.4, 0.5) is 0 Å². The van der Waals surface area contributed by atoms with Gasteiger partial charge in [-0.05, 0) is 50.2 Å². The molecule has 4 saturated heterocycles. The predicted octanol–water partition coefficient (Wildman–Crippen LogP) is 3.75. The summed E-state index contributed by atoms with van der Waals surface area (Å²) in [7, 11) is 0. The second kappa shape index (κ2) is 7.27. The minimum atomic E-state index is -1.18. The van der Waals surface area contributed by atoms with Crippen molar-refractivity contribution in [3.63, 3.8) is 0 Å². The van der Waals surface area contributed by atoms with Crippen LogP contribution >= 0.6 is 0 Å². The Hall–Kier alpha value is -2.00. The Morgan fingerprint density at radius 2 is 1.81 bits per heavy atom. The van der Waals surface area contributed by atoms with Gasteiger partial charge in [0, 0.05) is 18.3 Å². The summed E-state index contributed by atoms with van der Waals surface area (Å²) in [5.41, 5.74) is -0.848. The molecule has 31 heavy (non-hydrogen) atoms. The fraction of sp³-hybridized carbons (Fsp3) is 0.652. The van der Waals surface area contributed by atoms with Gasteiger partial charge in [-0.1, -0.05) is 26.0 Å². The van der Waals surface area contributed by atoms with E-state index in [1.165, 1.54) is 12.1 Å². The summed E-state index contributed by atoms with van der Waals surface area (Å²) in [5.74, 6) is -2.34. The van der Waals surface area contributed by atoms with Crippen molar-refractivity contribution in [3.8, 4) is 0 Å². The monoisotopic (exact) mass is 432 g/mol. The van der Waals surface area contributed by atoms with Gasteiger partial charge in [0.05, 0.1) is 11.1 Å². The minimum Gasteiger partial charge on any atom is -0.478 e. The first kappa shape index (κ1) is 20.9. The average Bonchev–Trinajstić information content (AvgIpc) is 2.97. The maximum absolute atomic E-state index is 12.9. The zero-order valence-electron chi connectivity index (χ0n) is 17.9. The molecule has 1 aromatic carbocycles. The minimum absolute atomic E-state index is 0.00363. The van der Waals surface area contributed by atoms with E-state index in [-0.39, 0.29) is 28.9 Å². The summed E-state index contributed by atoms with van der Waals surface area (Å²) in [5, 5.41) is 9.41. The van der Waals surface area contributed by atoms with E-state index in [1.54, 1.807) is 12.1 Å². The van der Waals surface area contributed by atoms with Crippen molar-refractivity contribution < 1.29 is 38.7 Å². The molecule has 5 fully saturated rings. The number of ether oxygens (including phenoxy) is 3. The van der Waals surface area contributed by atoms with E-state index in [1.807, 2.05) is 13.8 Å². The fourth-order valence-electron chi connectivity index (χ4n) is 6.02. The number of carboxylic acids is 1. The van der Waals surface area contributed by atoms with Crippen LogP contribution in [-0.4, -0.2) is 41.0 Å². The number of carbonyl (C=O) groups excluding carboxylic acids is 1. The van der Waals surface area contributed by atoms with Gasteiger partial charge in [0.25, 0.3) is 0 Å². The highest BCUT2D eigenvalue weighted by Crippen LogP contribution is 2.60. The Morgan fingerprint density at radius 1 is 1.06 bits per heavy atom. The van der Waals surface area contributed by atoms with Crippen molar-refractivity contribution in [1.82, 2.24) is 0 Å². The van der Waals surface area contributed by atoms with Crippen LogP contribution in [0, 0.1) is 23.7 Å². The van der Waals surface area contributed by atoms with E-state index in [9.17, 15) is 14.7 Å². The van der Waals surface area contributed by atoms with Gasteiger partial charge in [-0.3, -0.25) is 0 Å². The molecule has 0 radical (unpaired) electrons. The first-order valence-corrected chi connectivity index (χ1v) is 11.0. The van der Waals surface area contributed by atoms with Gasteiger partial charge in [-0.2, -0.15) is 0 Å². The lowest BCUT2D eigenvalue weighted by Gasteiger charge is -2.59. The number of esters is 1. The number of aromatic carboxylic acids is 1. The summed E-state index contributed by atoms with van der Waals surface area (Å²) in [6.45, 7) is 6.05. The molecule has 5 aliphatic rings. The van der Waals surface area contributed by atoms with Gasteiger partial charge >= 0.3 is 11.9 Å². The molecule has 0 amide bonds. The number of benzene rings is 1. The molecule has 8 heteroatoms. The summed E-state index contributed by atoms with van der Waals surface area (Å²) in [4.78, 5) is 36.3. The lowest BCUT2D eigenvalue weighted by Crippen LogP contribution is -2.70. The van der Waals surface area contributed by atoms with Crippen molar-refractivity contribution in [2.24, 2.45) is 23.7 Å². The number of hydrogen-bond donors (Lipinski definition) is 1. The zero-order chi connectivity index (χ0) is 22.0. The van der Waals surface area contributed by atoms with Crippen LogP contribution in [0.3, 0.4) is 0 Å². The summed E-state index contributed by atoms with van der Waals surface area (Å²) >= 11 is 0. The van der Waals surface area contributed by atoms with Crippen LogP contribution in [0.2, 0.25) is 0 Å². The highest BCUT2D eigenvalue weighted by Gasteiger charge is 2.69. The molecular weight excluding hydrogens is 404 g/mol. The van der Waals surface area contributed by atoms with E-state index >= 15 is 0 Å². The molecule has 1 saturated carbocycles. The molecule has 1 aromatic rings. The van der Waals surface area contributed by atoms with Crippen molar-refractivity contribution in [2.75, 3.05) is 0 Å². The fourth-order valence-corrected chi connectivity index (χ4v) is 6.02. The summed E-state index contributed by atoms with van der Waals surface area (Å²) < 4.78 is 18.2. The normalized spacial score (nSPS) is 43.6. The molecule has 8 atom stereocenters. The van der Waals surface area contributed by atoms with Gasteiger partial charge in [0.15, 0.2) is 11.9 Å². The molecule has 2 bridgehead atoms. The van der Waals surface area contributed by atoms with Gasteiger partial charge < -0.3 is 19.3 Å². The SMILES string of the molecule is C[C@@H]1CCC2[C@@H](C)[C@@H](OC(=O)c3ccccc3C(=O)O)OC3O[C@@]4(C)CCC1[C@]32OO4. The number of rotatable bonds is 3. The first-order valence-electron chi connectivity index (χ1n) is 11.0. The Bertz CT molecular complexity index is 901. The molecule has 1 N–H and O–H groups in total. The van der Waals surface area contributed by atoms with Gasteiger partial charge in [0.1, 0.15) is 0 Å². The molecule has 4 heterocycles. The second-order valence-electron chi connectivity index (χ2n) is 9.53. The molecule has 8 nitrogen and oxygen atoms in total. The van der Waals surface area contributed by atoms with E-state index in [0.717, 1.165) is 19.3 Å². The van der Waals surface area contributed by atoms with Crippen molar-refractivity contribution in [3.05, 3.63) is 35.4 Å². The maximum atomic E-state index is 12.9. The van der Waals surface area contributed by atoms with Crippen molar-refractivity contribution >= 4 is 11.9 Å². The number of fused-ring (bicyclic) bond motifs is 2. The summed E-state index contributed by atoms with van der Waals surface area (Å²) in [6.07, 6.45) is 1.92. The number of carboxylic acid groups (broad SMARTS) is 1. The highest BCUT2D eigenvalue weighted by molar-refractivity contribution is 6.02. The molecule has 4 aliphatic heterocycles. The molecule has 6 rings (SSSR count). The van der Waals surface area contributed by atoms with E-state index < -0.39 is 35.9 Å². The smallest absolute Gasteiger partial charge is 0.341 e. The van der Waals surface area contributed by atoms with E-state index in [4.69, 9.17) is 24.0 Å². The van der Waals surface area contributed by atoms with E-state index in [2.05, 4.69) is 6.92 Å². The number of hydrogen-bond acceptors (Lipinski definition) is 7. The third-order valence-electron chi connectivity index (χ3n) is 7.70. The third-order valence-corrected chi connectivity index (χ3v) is 7.70. The predicted molar refractivity (Wildman–Crippen MR) is 106 cm³/mol. The Kier molecular flexibility index (Phi) is 4.89. The largest absolute Gasteiger partial charge is 0.478 e. The van der Waals surface area contributed by atoms with Crippen LogP contribution in [0.25, 0.3) is 0 Å². The van der Waals surface area contributed by atoms with Crippen molar-refractivity contribution in [2.45, 2.75) is 70.4 Å². The molecule has 1 spiro atoms. The molecule has 0 aromatic heterocycles. The Labute approximate surface area is 180 Å². The van der Waals surface area contributed by atoms with Crippen LogP contribution in [0.15, 0.2) is 24.3 Å². The second-order valence-corrected chi connectivity index (χ2v) is 9.53.